The average molecular weight is 498 g/mol. The first-order chi connectivity index (χ1) is 16.0. The van der Waals surface area contributed by atoms with Crippen LogP contribution < -0.4 is 21.4 Å². The van der Waals surface area contributed by atoms with E-state index in [0.717, 1.165) is 11.3 Å². The summed E-state index contributed by atoms with van der Waals surface area (Å²) >= 11 is 12.2. The number of amides is 2. The van der Waals surface area contributed by atoms with Gasteiger partial charge in [-0.3, -0.25) is 9.59 Å². The molecule has 0 atom stereocenters. The zero-order chi connectivity index (χ0) is 24.9. The van der Waals surface area contributed by atoms with E-state index in [1.165, 1.54) is 0 Å². The monoisotopic (exact) mass is 497 g/mol. The maximum Gasteiger partial charge on any atom is 0.257 e. The second-order valence-corrected chi connectivity index (χ2v) is 9.68. The summed E-state index contributed by atoms with van der Waals surface area (Å²) in [4.78, 5) is 28.2. The van der Waals surface area contributed by atoms with Crippen molar-refractivity contribution in [3.05, 3.63) is 87.4 Å². The highest BCUT2D eigenvalue weighted by molar-refractivity contribution is 6.34. The van der Waals surface area contributed by atoms with Crippen LogP contribution >= 0.6 is 23.2 Å². The van der Waals surface area contributed by atoms with Crippen LogP contribution in [0.1, 0.15) is 42.3 Å². The number of rotatable bonds is 6. The number of carbonyl (C=O) groups excluding carboxylic acids is 2. The third kappa shape index (κ3) is 6.83. The molecule has 2 amide bonds. The number of hydrogen-bond donors (Lipinski definition) is 4. The molecule has 5 N–H and O–H groups in total. The van der Waals surface area contributed by atoms with Gasteiger partial charge in [0.2, 0.25) is 11.6 Å². The molecule has 3 aromatic rings. The summed E-state index contributed by atoms with van der Waals surface area (Å²) in [5, 5.41) is 6.69. The molecule has 3 aromatic carbocycles. The first-order valence-corrected chi connectivity index (χ1v) is 11.4. The lowest BCUT2D eigenvalue weighted by atomic mass is 9.95. The minimum absolute atomic E-state index is 0.0775. The van der Waals surface area contributed by atoms with Gasteiger partial charge in [-0.15, -0.1) is 0 Å². The van der Waals surface area contributed by atoms with Gasteiger partial charge in [-0.25, -0.2) is 4.99 Å². The minimum atomic E-state index is -0.501. The number of benzene rings is 3. The van der Waals surface area contributed by atoms with Crippen LogP contribution in [0.2, 0.25) is 10.0 Å². The number of carbonyl (C=O) groups is 2. The molecule has 0 unspecified atom stereocenters. The number of nitrogens with one attached hydrogen (secondary N) is 3. The topological polar surface area (TPSA) is 98.2 Å². The Morgan fingerprint density at radius 3 is 2.38 bits per heavy atom. The van der Waals surface area contributed by atoms with Gasteiger partial charge in [-0.05, 0) is 48.0 Å². The fraction of sp³-hybridized carbons (Fsp3) is 0.192. The van der Waals surface area contributed by atoms with Crippen LogP contribution in [0.25, 0.3) is 0 Å². The number of nitrogens with two attached hydrogens (primary N) is 1. The summed E-state index contributed by atoms with van der Waals surface area (Å²) in [6.07, 6.45) is 1.75. The molecule has 0 saturated heterocycles. The summed E-state index contributed by atoms with van der Waals surface area (Å²) in [6.45, 7) is 5.82. The first-order valence-electron chi connectivity index (χ1n) is 10.7. The molecule has 34 heavy (non-hydrogen) atoms. The van der Waals surface area contributed by atoms with Crippen molar-refractivity contribution in [2.75, 3.05) is 11.1 Å². The van der Waals surface area contributed by atoms with Crippen molar-refractivity contribution >= 4 is 58.3 Å². The maximum absolute atomic E-state index is 12.9. The molecule has 176 valence electrons. The predicted octanol–water partition coefficient (Wildman–Crippen LogP) is 4.32. The van der Waals surface area contributed by atoms with Gasteiger partial charge in [-0.2, -0.15) is 0 Å². The molecule has 0 heterocycles. The van der Waals surface area contributed by atoms with Crippen LogP contribution in [0.15, 0.2) is 60.7 Å². The molecule has 0 bridgehead atoms. The largest absolute Gasteiger partial charge is 0.398 e. The molecule has 0 saturated carbocycles. The Morgan fingerprint density at radius 1 is 1.00 bits per heavy atom. The van der Waals surface area contributed by atoms with Crippen LogP contribution in [0.3, 0.4) is 0 Å². The van der Waals surface area contributed by atoms with Crippen LogP contribution in [0.5, 0.6) is 0 Å². The number of hydrogen-bond acceptors (Lipinski definition) is 3. The normalized spacial score (nSPS) is 11.4. The molecular weight excluding hydrogens is 471 g/mol. The fourth-order valence-electron chi connectivity index (χ4n) is 2.99. The summed E-state index contributed by atoms with van der Waals surface area (Å²) in [5.74, 6) is -0.443. The van der Waals surface area contributed by atoms with Crippen molar-refractivity contribution in [3.63, 3.8) is 0 Å². The summed E-state index contributed by atoms with van der Waals surface area (Å²) < 4.78 is 0. The van der Waals surface area contributed by atoms with Gasteiger partial charge in [0.05, 0.1) is 16.1 Å². The van der Waals surface area contributed by atoms with Crippen molar-refractivity contribution in [1.82, 2.24) is 5.32 Å². The molecule has 0 spiro atoms. The highest BCUT2D eigenvalue weighted by Gasteiger charge is 2.21. The van der Waals surface area contributed by atoms with E-state index >= 15 is 0 Å². The van der Waals surface area contributed by atoms with Gasteiger partial charge in [0.1, 0.15) is 0 Å². The van der Waals surface area contributed by atoms with E-state index in [1.807, 2.05) is 32.9 Å². The molecule has 3 rings (SSSR count). The number of nitrogen functional groups attached to an aromatic ring is 1. The predicted molar refractivity (Wildman–Crippen MR) is 139 cm³/mol. The number of halogens is 2. The van der Waals surface area contributed by atoms with E-state index in [9.17, 15) is 9.59 Å². The lowest BCUT2D eigenvalue weighted by Gasteiger charge is -2.18. The van der Waals surface area contributed by atoms with Gasteiger partial charge in [0, 0.05) is 40.5 Å². The lowest BCUT2D eigenvalue weighted by molar-refractivity contribution is -0.346. The smallest absolute Gasteiger partial charge is 0.257 e. The molecular formula is C26H27Cl2N4O2+. The van der Waals surface area contributed by atoms with E-state index in [0.29, 0.717) is 39.1 Å². The molecule has 0 aliphatic heterocycles. The van der Waals surface area contributed by atoms with E-state index in [4.69, 9.17) is 28.9 Å². The van der Waals surface area contributed by atoms with Crippen molar-refractivity contribution in [2.45, 2.75) is 27.3 Å². The zero-order valence-corrected chi connectivity index (χ0v) is 20.7. The second-order valence-electron chi connectivity index (χ2n) is 8.84. The van der Waals surface area contributed by atoms with Crippen molar-refractivity contribution < 1.29 is 14.6 Å². The average Bonchev–Trinajstić information content (AvgIpc) is 2.79. The molecule has 0 aromatic heterocycles. The van der Waals surface area contributed by atoms with Crippen molar-refractivity contribution in [2.24, 2.45) is 5.41 Å². The molecule has 6 nitrogen and oxygen atoms in total. The summed E-state index contributed by atoms with van der Waals surface area (Å²) in [7, 11) is 0. The Balaban J connectivity index is 1.74. The van der Waals surface area contributed by atoms with Crippen LogP contribution in [-0.4, -0.2) is 18.0 Å². The Morgan fingerprint density at radius 2 is 1.71 bits per heavy atom. The Labute approximate surface area is 209 Å². The van der Waals surface area contributed by atoms with Gasteiger partial charge in [0.15, 0.2) is 6.21 Å². The fourth-order valence-corrected chi connectivity index (χ4v) is 3.32. The Kier molecular flexibility index (Phi) is 7.97. The molecule has 8 heteroatoms. The first kappa shape index (κ1) is 25.3. The Bertz CT molecular complexity index is 1230. The van der Waals surface area contributed by atoms with Gasteiger partial charge in [-0.1, -0.05) is 50.0 Å². The van der Waals surface area contributed by atoms with Crippen LogP contribution in [-0.2, 0) is 11.3 Å². The third-order valence-electron chi connectivity index (χ3n) is 4.99. The van der Waals surface area contributed by atoms with Crippen LogP contribution in [0.4, 0.5) is 17.1 Å². The van der Waals surface area contributed by atoms with Gasteiger partial charge < -0.3 is 16.4 Å². The third-order valence-corrected chi connectivity index (χ3v) is 5.57. The lowest BCUT2D eigenvalue weighted by Crippen LogP contribution is -2.61. The second kappa shape index (κ2) is 10.7. The Hall–Kier alpha value is -3.35. The molecule has 0 fully saturated rings. The summed E-state index contributed by atoms with van der Waals surface area (Å²) in [6, 6.07) is 17.5. The SMILES string of the molecule is CC(C)(C)C(=O)NCc1ccc(Cl)c(C(=O)Nc2ccc(N)c(C=[NH+]c3ccc(Cl)cc3)c2)c1. The quantitative estimate of drug-likeness (QED) is 0.301. The molecule has 0 radical (unpaired) electrons. The zero-order valence-electron chi connectivity index (χ0n) is 19.2. The minimum Gasteiger partial charge on any atom is -0.398 e. The van der Waals surface area contributed by atoms with E-state index < -0.39 is 5.41 Å². The molecule has 0 aliphatic carbocycles. The van der Waals surface area contributed by atoms with E-state index in [1.54, 1.807) is 54.7 Å². The maximum atomic E-state index is 12.9. The van der Waals surface area contributed by atoms with Crippen LogP contribution in [0, 0.1) is 5.41 Å². The number of anilines is 2. The standard InChI is InChI=1S/C26H26Cl2N4O2/c1-26(2,3)25(34)31-14-16-4-10-22(28)21(12-16)24(33)32-20-9-11-23(29)17(13-20)15-30-19-7-5-18(27)6-8-19/h4-13,15H,14,29H2,1-3H3,(H,31,34)(H,32,33)/p+1. The van der Waals surface area contributed by atoms with E-state index in [2.05, 4.69) is 15.6 Å². The summed E-state index contributed by atoms with van der Waals surface area (Å²) in [5.41, 5.74) is 9.33. The highest BCUT2D eigenvalue weighted by atomic mass is 35.5. The van der Waals surface area contributed by atoms with Crippen molar-refractivity contribution in [3.8, 4) is 0 Å². The van der Waals surface area contributed by atoms with Gasteiger partial charge >= 0.3 is 0 Å². The van der Waals surface area contributed by atoms with E-state index in [-0.39, 0.29) is 11.8 Å². The highest BCUT2D eigenvalue weighted by Crippen LogP contribution is 2.22. The van der Waals surface area contributed by atoms with Gasteiger partial charge in [0.25, 0.3) is 5.91 Å². The molecule has 0 aliphatic rings. The van der Waals surface area contributed by atoms with Crippen molar-refractivity contribution in [1.29, 1.82) is 0 Å².